The molecule has 4 nitrogen and oxygen atoms in total. The van der Waals surface area contributed by atoms with Gasteiger partial charge in [0.25, 0.3) is 0 Å². The molecule has 1 fully saturated rings. The van der Waals surface area contributed by atoms with Gasteiger partial charge in [-0.05, 0) is 37.1 Å². The lowest BCUT2D eigenvalue weighted by Crippen LogP contribution is -2.58. The lowest BCUT2D eigenvalue weighted by atomic mass is 10.1. The van der Waals surface area contributed by atoms with Crippen molar-refractivity contribution in [2.24, 2.45) is 0 Å². The first kappa shape index (κ1) is 13.5. The van der Waals surface area contributed by atoms with E-state index in [2.05, 4.69) is 5.32 Å². The van der Waals surface area contributed by atoms with Crippen LogP contribution in [0.25, 0.3) is 0 Å². The predicted octanol–water partition coefficient (Wildman–Crippen LogP) is 1.29. The molecule has 18 heavy (non-hydrogen) atoms. The third-order valence-corrected chi connectivity index (χ3v) is 5.59. The van der Waals surface area contributed by atoms with Gasteiger partial charge in [-0.15, -0.1) is 0 Å². The van der Waals surface area contributed by atoms with E-state index in [1.807, 2.05) is 26.8 Å². The summed E-state index contributed by atoms with van der Waals surface area (Å²) < 4.78 is 26.7. The van der Waals surface area contributed by atoms with Crippen molar-refractivity contribution in [1.82, 2.24) is 9.62 Å². The van der Waals surface area contributed by atoms with E-state index in [0.29, 0.717) is 11.4 Å². The number of nitrogens with one attached hydrogen (secondary N) is 1. The topological polar surface area (TPSA) is 49.4 Å². The van der Waals surface area contributed by atoms with Crippen LogP contribution in [0.15, 0.2) is 23.1 Å². The minimum absolute atomic E-state index is 0.0987. The molecule has 0 amide bonds. The fourth-order valence-corrected chi connectivity index (χ4v) is 3.83. The molecule has 2 rings (SSSR count). The lowest BCUT2D eigenvalue weighted by Gasteiger charge is -2.36. The number of nitrogens with zero attached hydrogens (tertiary/aromatic N) is 1. The van der Waals surface area contributed by atoms with Crippen LogP contribution in [0.5, 0.6) is 0 Å². The highest BCUT2D eigenvalue weighted by molar-refractivity contribution is 7.89. The first-order chi connectivity index (χ1) is 8.46. The second-order valence-corrected chi connectivity index (χ2v) is 6.66. The third-order valence-electron chi connectivity index (χ3n) is 3.56. The molecule has 1 N–H and O–H groups in total. The van der Waals surface area contributed by atoms with Crippen LogP contribution in [0.3, 0.4) is 0 Å². The molecule has 1 saturated heterocycles. The van der Waals surface area contributed by atoms with E-state index in [-0.39, 0.29) is 6.04 Å². The Balaban J connectivity index is 2.36. The summed E-state index contributed by atoms with van der Waals surface area (Å²) in [7, 11) is -3.36. The van der Waals surface area contributed by atoms with Gasteiger partial charge in [0.05, 0.1) is 4.90 Å². The SMILES string of the molecule is CCN(C1CNC1)S(=O)(=O)c1ccc(C)c(C)c1. The van der Waals surface area contributed by atoms with Crippen LogP contribution in [-0.4, -0.2) is 38.4 Å². The highest BCUT2D eigenvalue weighted by Gasteiger charge is 2.33. The molecular formula is C13H20N2O2S. The summed E-state index contributed by atoms with van der Waals surface area (Å²) in [6.07, 6.45) is 0. The Morgan fingerprint density at radius 2 is 1.94 bits per heavy atom. The van der Waals surface area contributed by atoms with Crippen LogP contribution >= 0.6 is 0 Å². The minimum atomic E-state index is -3.36. The Bertz CT molecular complexity index is 536. The second kappa shape index (κ2) is 4.99. The number of rotatable bonds is 4. The van der Waals surface area contributed by atoms with Gasteiger partial charge in [-0.3, -0.25) is 0 Å². The highest BCUT2D eigenvalue weighted by atomic mass is 32.2. The molecule has 5 heteroatoms. The van der Waals surface area contributed by atoms with Crippen molar-refractivity contribution in [3.8, 4) is 0 Å². The van der Waals surface area contributed by atoms with Gasteiger partial charge in [0.1, 0.15) is 0 Å². The van der Waals surface area contributed by atoms with Crippen LogP contribution in [0.2, 0.25) is 0 Å². The monoisotopic (exact) mass is 268 g/mol. The van der Waals surface area contributed by atoms with Crippen molar-refractivity contribution >= 4 is 10.0 Å². The average molecular weight is 268 g/mol. The second-order valence-electron chi connectivity index (χ2n) is 4.77. The van der Waals surface area contributed by atoms with Gasteiger partial charge < -0.3 is 5.32 Å². The van der Waals surface area contributed by atoms with Gasteiger partial charge in [-0.2, -0.15) is 4.31 Å². The fraction of sp³-hybridized carbons (Fsp3) is 0.538. The first-order valence-corrected chi connectivity index (χ1v) is 7.70. The van der Waals surface area contributed by atoms with Crippen molar-refractivity contribution in [3.63, 3.8) is 0 Å². The van der Waals surface area contributed by atoms with Gasteiger partial charge >= 0.3 is 0 Å². The first-order valence-electron chi connectivity index (χ1n) is 6.26. The number of benzene rings is 1. The van der Waals surface area contributed by atoms with E-state index >= 15 is 0 Å². The molecule has 0 radical (unpaired) electrons. The lowest BCUT2D eigenvalue weighted by molar-refractivity contribution is 0.249. The number of hydrogen-bond acceptors (Lipinski definition) is 3. The largest absolute Gasteiger partial charge is 0.313 e. The number of aryl methyl sites for hydroxylation is 2. The van der Waals surface area contributed by atoms with E-state index in [1.165, 1.54) is 0 Å². The number of hydrogen-bond donors (Lipinski definition) is 1. The van der Waals surface area contributed by atoms with E-state index in [1.54, 1.807) is 16.4 Å². The van der Waals surface area contributed by atoms with Crippen molar-refractivity contribution in [2.45, 2.75) is 31.7 Å². The Morgan fingerprint density at radius 1 is 1.28 bits per heavy atom. The molecule has 0 aromatic heterocycles. The van der Waals surface area contributed by atoms with E-state index in [0.717, 1.165) is 24.2 Å². The fourth-order valence-electron chi connectivity index (χ4n) is 2.11. The van der Waals surface area contributed by atoms with Crippen LogP contribution < -0.4 is 5.32 Å². The van der Waals surface area contributed by atoms with Gasteiger partial charge in [-0.1, -0.05) is 13.0 Å². The highest BCUT2D eigenvalue weighted by Crippen LogP contribution is 2.21. The molecule has 0 saturated carbocycles. The third kappa shape index (κ3) is 2.30. The van der Waals surface area contributed by atoms with E-state index < -0.39 is 10.0 Å². The zero-order chi connectivity index (χ0) is 13.3. The van der Waals surface area contributed by atoms with Crippen molar-refractivity contribution < 1.29 is 8.42 Å². The maximum Gasteiger partial charge on any atom is 0.243 e. The van der Waals surface area contributed by atoms with Gasteiger partial charge in [0, 0.05) is 25.7 Å². The van der Waals surface area contributed by atoms with Crippen LogP contribution in [0, 0.1) is 13.8 Å². The molecule has 1 aromatic rings. The maximum atomic E-state index is 12.6. The molecule has 1 aliphatic heterocycles. The standard InChI is InChI=1S/C13H20N2O2S/c1-4-15(12-8-14-9-12)18(16,17)13-6-5-10(2)11(3)7-13/h5-7,12,14H,4,8-9H2,1-3H3. The Morgan fingerprint density at radius 3 is 2.39 bits per heavy atom. The molecule has 1 aromatic carbocycles. The molecule has 1 aliphatic rings. The summed E-state index contributed by atoms with van der Waals surface area (Å²) in [6, 6.07) is 5.43. The summed E-state index contributed by atoms with van der Waals surface area (Å²) in [6.45, 7) is 7.82. The summed E-state index contributed by atoms with van der Waals surface area (Å²) >= 11 is 0. The zero-order valence-corrected chi connectivity index (χ0v) is 11.9. The molecule has 0 bridgehead atoms. The summed E-state index contributed by atoms with van der Waals surface area (Å²) in [4.78, 5) is 0.402. The quantitative estimate of drug-likeness (QED) is 0.895. The number of likely N-dealkylation sites (N-methyl/N-ethyl adjacent to an activating group) is 1. The molecule has 0 spiro atoms. The Hall–Kier alpha value is -0.910. The molecule has 100 valence electrons. The molecule has 0 atom stereocenters. The summed E-state index contributed by atoms with van der Waals surface area (Å²) in [5.41, 5.74) is 2.13. The minimum Gasteiger partial charge on any atom is -0.313 e. The van der Waals surface area contributed by atoms with Gasteiger partial charge in [-0.25, -0.2) is 8.42 Å². The molecule has 0 aliphatic carbocycles. The zero-order valence-electron chi connectivity index (χ0n) is 11.1. The average Bonchev–Trinajstić information content (AvgIpc) is 2.26. The molecule has 1 heterocycles. The number of sulfonamides is 1. The maximum absolute atomic E-state index is 12.6. The molecule has 0 unspecified atom stereocenters. The van der Waals surface area contributed by atoms with Crippen LogP contribution in [0.4, 0.5) is 0 Å². The van der Waals surface area contributed by atoms with Crippen LogP contribution in [0.1, 0.15) is 18.1 Å². The summed E-state index contributed by atoms with van der Waals surface area (Å²) in [5.74, 6) is 0. The van der Waals surface area contributed by atoms with Crippen LogP contribution in [-0.2, 0) is 10.0 Å². The predicted molar refractivity (Wildman–Crippen MR) is 72.1 cm³/mol. The smallest absolute Gasteiger partial charge is 0.243 e. The van der Waals surface area contributed by atoms with Gasteiger partial charge in [0.2, 0.25) is 10.0 Å². The van der Waals surface area contributed by atoms with Gasteiger partial charge in [0.15, 0.2) is 0 Å². The van der Waals surface area contributed by atoms with Crippen molar-refractivity contribution in [2.75, 3.05) is 19.6 Å². The van der Waals surface area contributed by atoms with E-state index in [9.17, 15) is 8.42 Å². The molecular weight excluding hydrogens is 248 g/mol. The Labute approximate surface area is 109 Å². The summed E-state index contributed by atoms with van der Waals surface area (Å²) in [5, 5.41) is 3.11. The van der Waals surface area contributed by atoms with Crippen molar-refractivity contribution in [3.05, 3.63) is 29.3 Å². The van der Waals surface area contributed by atoms with E-state index in [4.69, 9.17) is 0 Å². The van der Waals surface area contributed by atoms with Crippen molar-refractivity contribution in [1.29, 1.82) is 0 Å². The Kier molecular flexibility index (Phi) is 3.75. The normalized spacial score (nSPS) is 16.9.